The number of aliphatic carboxylic acids is 1. The van der Waals surface area contributed by atoms with Crippen molar-refractivity contribution in [2.75, 3.05) is 20.1 Å². The van der Waals surface area contributed by atoms with Crippen LogP contribution in [0.3, 0.4) is 0 Å². The molecule has 4 nitrogen and oxygen atoms in total. The van der Waals surface area contributed by atoms with Crippen LogP contribution in [0.4, 0.5) is 0 Å². The number of carboxylic acids is 1. The molecule has 2 atom stereocenters. The van der Waals surface area contributed by atoms with E-state index in [0.29, 0.717) is 0 Å². The molecule has 0 saturated heterocycles. The van der Waals surface area contributed by atoms with Gasteiger partial charge in [-0.2, -0.15) is 0 Å². The van der Waals surface area contributed by atoms with E-state index < -0.39 is 11.5 Å². The Morgan fingerprint density at radius 3 is 2.75 bits per heavy atom. The highest BCUT2D eigenvalue weighted by molar-refractivity contribution is 5.79. The van der Waals surface area contributed by atoms with E-state index in [0.717, 1.165) is 45.2 Å². The molecule has 1 fully saturated rings. The number of rotatable bonds is 6. The zero-order chi connectivity index (χ0) is 12.0. The van der Waals surface area contributed by atoms with E-state index in [9.17, 15) is 9.90 Å². The molecule has 0 aromatic rings. The number of hydrogen-bond donors (Lipinski definition) is 3. The first kappa shape index (κ1) is 13.5. The summed E-state index contributed by atoms with van der Waals surface area (Å²) in [6.45, 7) is 3.76. The second kappa shape index (κ2) is 6.21. The fourth-order valence-corrected chi connectivity index (χ4v) is 2.58. The van der Waals surface area contributed by atoms with Crippen LogP contribution in [0.15, 0.2) is 0 Å². The van der Waals surface area contributed by atoms with Gasteiger partial charge in [0.05, 0.1) is 0 Å². The topological polar surface area (TPSA) is 61.4 Å². The van der Waals surface area contributed by atoms with Gasteiger partial charge in [-0.1, -0.05) is 19.8 Å². The normalized spacial score (nSPS) is 30.2. The van der Waals surface area contributed by atoms with E-state index in [4.69, 9.17) is 0 Å². The van der Waals surface area contributed by atoms with Crippen LogP contribution >= 0.6 is 0 Å². The van der Waals surface area contributed by atoms with E-state index in [-0.39, 0.29) is 5.92 Å². The molecule has 0 aromatic heterocycles. The van der Waals surface area contributed by atoms with Crippen LogP contribution < -0.4 is 10.6 Å². The largest absolute Gasteiger partial charge is 0.480 e. The molecule has 3 N–H and O–H groups in total. The van der Waals surface area contributed by atoms with Crippen LogP contribution in [0.25, 0.3) is 0 Å². The van der Waals surface area contributed by atoms with Gasteiger partial charge >= 0.3 is 5.97 Å². The lowest BCUT2D eigenvalue weighted by atomic mass is 9.73. The number of hydrogen-bond acceptors (Lipinski definition) is 3. The lowest BCUT2D eigenvalue weighted by molar-refractivity contribution is -0.149. The molecule has 0 heterocycles. The Kier molecular flexibility index (Phi) is 5.22. The molecule has 1 rings (SSSR count). The zero-order valence-corrected chi connectivity index (χ0v) is 10.4. The molecule has 0 bridgehead atoms. The summed E-state index contributed by atoms with van der Waals surface area (Å²) in [4.78, 5) is 11.5. The SMILES string of the molecule is CNCCCNC1(C(=O)O)CCCCC1C. The summed E-state index contributed by atoms with van der Waals surface area (Å²) in [7, 11) is 1.91. The molecule has 0 radical (unpaired) electrons. The van der Waals surface area contributed by atoms with Crippen LogP contribution in [-0.2, 0) is 4.79 Å². The smallest absolute Gasteiger partial charge is 0.324 e. The summed E-state index contributed by atoms with van der Waals surface area (Å²) in [5, 5.41) is 15.8. The van der Waals surface area contributed by atoms with Crippen molar-refractivity contribution in [2.45, 2.75) is 44.6 Å². The Labute approximate surface area is 97.8 Å². The van der Waals surface area contributed by atoms with Crippen LogP contribution in [0.1, 0.15) is 39.0 Å². The minimum atomic E-state index is -0.677. The molecule has 0 aliphatic heterocycles. The van der Waals surface area contributed by atoms with E-state index in [1.807, 2.05) is 7.05 Å². The molecule has 0 aromatic carbocycles. The van der Waals surface area contributed by atoms with Gasteiger partial charge in [0.25, 0.3) is 0 Å². The average Bonchev–Trinajstić information content (AvgIpc) is 2.26. The van der Waals surface area contributed by atoms with Crippen molar-refractivity contribution in [3.8, 4) is 0 Å². The van der Waals surface area contributed by atoms with Crippen molar-refractivity contribution in [1.29, 1.82) is 0 Å². The minimum Gasteiger partial charge on any atom is -0.480 e. The van der Waals surface area contributed by atoms with Gasteiger partial charge in [-0.15, -0.1) is 0 Å². The van der Waals surface area contributed by atoms with Gasteiger partial charge in [-0.3, -0.25) is 4.79 Å². The third-order valence-corrected chi connectivity index (χ3v) is 3.73. The van der Waals surface area contributed by atoms with Crippen molar-refractivity contribution in [3.63, 3.8) is 0 Å². The third kappa shape index (κ3) is 2.95. The number of nitrogens with one attached hydrogen (secondary N) is 2. The van der Waals surface area contributed by atoms with E-state index in [2.05, 4.69) is 17.6 Å². The Hall–Kier alpha value is -0.610. The Balaban J connectivity index is 2.54. The zero-order valence-electron chi connectivity index (χ0n) is 10.4. The predicted octanol–water partition coefficient (Wildman–Crippen LogP) is 1.22. The summed E-state index contributed by atoms with van der Waals surface area (Å²) >= 11 is 0. The van der Waals surface area contributed by atoms with Crippen LogP contribution in [0.5, 0.6) is 0 Å². The molecule has 94 valence electrons. The second-order valence-electron chi connectivity index (χ2n) is 4.81. The van der Waals surface area contributed by atoms with Gasteiger partial charge in [0.2, 0.25) is 0 Å². The lowest BCUT2D eigenvalue weighted by Crippen LogP contribution is -2.58. The average molecular weight is 228 g/mol. The van der Waals surface area contributed by atoms with Crippen LogP contribution in [0, 0.1) is 5.92 Å². The molecule has 1 aliphatic carbocycles. The maximum atomic E-state index is 11.5. The van der Waals surface area contributed by atoms with Gasteiger partial charge < -0.3 is 15.7 Å². The van der Waals surface area contributed by atoms with Crippen molar-refractivity contribution in [2.24, 2.45) is 5.92 Å². The van der Waals surface area contributed by atoms with Crippen molar-refractivity contribution >= 4 is 5.97 Å². The molecule has 0 amide bonds. The maximum absolute atomic E-state index is 11.5. The first-order valence-corrected chi connectivity index (χ1v) is 6.26. The molecule has 1 saturated carbocycles. The Morgan fingerprint density at radius 2 is 2.19 bits per heavy atom. The molecular formula is C12H24N2O2. The van der Waals surface area contributed by atoms with Crippen LogP contribution in [0.2, 0.25) is 0 Å². The number of carboxylic acid groups (broad SMARTS) is 1. The fourth-order valence-electron chi connectivity index (χ4n) is 2.58. The Bertz CT molecular complexity index is 233. The van der Waals surface area contributed by atoms with E-state index in [1.54, 1.807) is 0 Å². The Morgan fingerprint density at radius 1 is 1.44 bits per heavy atom. The predicted molar refractivity (Wildman–Crippen MR) is 64.5 cm³/mol. The van der Waals surface area contributed by atoms with Crippen molar-refractivity contribution in [1.82, 2.24) is 10.6 Å². The third-order valence-electron chi connectivity index (χ3n) is 3.73. The second-order valence-corrected chi connectivity index (χ2v) is 4.81. The van der Waals surface area contributed by atoms with E-state index in [1.165, 1.54) is 0 Å². The summed E-state index contributed by atoms with van der Waals surface area (Å²) in [6, 6.07) is 0. The fraction of sp³-hybridized carbons (Fsp3) is 0.917. The van der Waals surface area contributed by atoms with E-state index >= 15 is 0 Å². The van der Waals surface area contributed by atoms with Gasteiger partial charge in [-0.25, -0.2) is 0 Å². The van der Waals surface area contributed by atoms with Gasteiger partial charge in [0.15, 0.2) is 0 Å². The van der Waals surface area contributed by atoms with Gasteiger partial charge in [-0.05, 0) is 45.3 Å². The summed E-state index contributed by atoms with van der Waals surface area (Å²) in [5.74, 6) is -0.447. The highest BCUT2D eigenvalue weighted by Gasteiger charge is 2.44. The minimum absolute atomic E-state index is 0.230. The lowest BCUT2D eigenvalue weighted by Gasteiger charge is -2.39. The number of carbonyl (C=O) groups is 1. The summed E-state index contributed by atoms with van der Waals surface area (Å²) in [5.41, 5.74) is -0.675. The monoisotopic (exact) mass is 228 g/mol. The molecule has 2 unspecified atom stereocenters. The molecular weight excluding hydrogens is 204 g/mol. The van der Waals surface area contributed by atoms with Gasteiger partial charge in [0.1, 0.15) is 5.54 Å². The first-order chi connectivity index (χ1) is 7.63. The highest BCUT2D eigenvalue weighted by Crippen LogP contribution is 2.33. The van der Waals surface area contributed by atoms with Crippen LogP contribution in [-0.4, -0.2) is 36.8 Å². The first-order valence-electron chi connectivity index (χ1n) is 6.26. The molecule has 0 spiro atoms. The summed E-state index contributed by atoms with van der Waals surface area (Å²) in [6.07, 6.45) is 4.94. The molecule has 1 aliphatic rings. The summed E-state index contributed by atoms with van der Waals surface area (Å²) < 4.78 is 0. The maximum Gasteiger partial charge on any atom is 0.324 e. The quantitative estimate of drug-likeness (QED) is 0.598. The molecule has 4 heteroatoms. The highest BCUT2D eigenvalue weighted by atomic mass is 16.4. The molecule has 16 heavy (non-hydrogen) atoms. The van der Waals surface area contributed by atoms with Gasteiger partial charge in [0, 0.05) is 0 Å². The van der Waals surface area contributed by atoms with Crippen molar-refractivity contribution < 1.29 is 9.90 Å². The standard InChI is InChI=1S/C12H24N2O2/c1-10-6-3-4-7-12(10,11(15)16)14-9-5-8-13-2/h10,13-14H,3-9H2,1-2H3,(H,15,16). The van der Waals surface area contributed by atoms with Crippen molar-refractivity contribution in [3.05, 3.63) is 0 Å².